The molecule has 2 heterocycles. The Morgan fingerprint density at radius 3 is 2.84 bits per heavy atom. The van der Waals surface area contributed by atoms with Gasteiger partial charge in [0.25, 0.3) is 0 Å². The minimum Gasteiger partial charge on any atom is -0.399 e. The number of rotatable bonds is 3. The molecule has 1 aromatic carbocycles. The number of aromatic nitrogens is 2. The van der Waals surface area contributed by atoms with Gasteiger partial charge >= 0.3 is 0 Å². The molecule has 0 saturated heterocycles. The molecule has 0 radical (unpaired) electrons. The standard InChI is InChI=1S/C16H17N3/c1-12-15-7-2-3-10-19(15)16(18-12)9-8-13-5-4-6-14(17)11-13/h2-7,10-11H,8-9,17H2,1H3. The predicted octanol–water partition coefficient (Wildman–Crippen LogP) is 3.01. The number of nitrogens with two attached hydrogens (primary N) is 1. The van der Waals surface area contributed by atoms with Gasteiger partial charge in [-0.3, -0.25) is 0 Å². The summed E-state index contributed by atoms with van der Waals surface area (Å²) in [6.07, 6.45) is 3.95. The molecule has 0 aliphatic heterocycles. The number of aryl methyl sites for hydroxylation is 3. The second-order valence-corrected chi connectivity index (χ2v) is 4.81. The molecule has 96 valence electrons. The molecular weight excluding hydrogens is 234 g/mol. The van der Waals surface area contributed by atoms with Crippen LogP contribution in [0.1, 0.15) is 17.1 Å². The Labute approximate surface area is 112 Å². The van der Waals surface area contributed by atoms with Crippen molar-refractivity contribution in [3.05, 3.63) is 65.7 Å². The van der Waals surface area contributed by atoms with Gasteiger partial charge in [-0.1, -0.05) is 18.2 Å². The molecule has 3 rings (SSSR count). The Kier molecular flexibility index (Phi) is 2.95. The third-order valence-corrected chi connectivity index (χ3v) is 3.39. The van der Waals surface area contributed by atoms with Crippen molar-refractivity contribution in [1.82, 2.24) is 9.38 Å². The molecule has 0 atom stereocenters. The van der Waals surface area contributed by atoms with Crippen LogP contribution in [0, 0.1) is 6.92 Å². The summed E-state index contributed by atoms with van der Waals surface area (Å²) in [5, 5.41) is 0. The number of benzene rings is 1. The summed E-state index contributed by atoms with van der Waals surface area (Å²) in [4.78, 5) is 4.66. The highest BCUT2D eigenvalue weighted by Crippen LogP contribution is 2.15. The molecule has 0 aliphatic carbocycles. The highest BCUT2D eigenvalue weighted by molar-refractivity contribution is 5.52. The number of nitrogens with zero attached hydrogens (tertiary/aromatic N) is 2. The van der Waals surface area contributed by atoms with Crippen molar-refractivity contribution >= 4 is 11.2 Å². The van der Waals surface area contributed by atoms with Gasteiger partial charge < -0.3 is 10.1 Å². The van der Waals surface area contributed by atoms with Gasteiger partial charge in [-0.15, -0.1) is 0 Å². The summed E-state index contributed by atoms with van der Waals surface area (Å²) in [6.45, 7) is 2.05. The number of anilines is 1. The van der Waals surface area contributed by atoms with E-state index in [1.807, 2.05) is 30.3 Å². The SMILES string of the molecule is Cc1nc(CCc2cccc(N)c2)n2ccccc12. The molecule has 0 unspecified atom stereocenters. The van der Waals surface area contributed by atoms with E-state index in [-0.39, 0.29) is 0 Å². The van der Waals surface area contributed by atoms with Crippen LogP contribution >= 0.6 is 0 Å². The maximum Gasteiger partial charge on any atom is 0.113 e. The van der Waals surface area contributed by atoms with E-state index < -0.39 is 0 Å². The first kappa shape index (κ1) is 11.8. The van der Waals surface area contributed by atoms with Gasteiger partial charge in [0, 0.05) is 18.3 Å². The lowest BCUT2D eigenvalue weighted by Crippen LogP contribution is -1.98. The van der Waals surface area contributed by atoms with Crippen molar-refractivity contribution in [3.8, 4) is 0 Å². The summed E-state index contributed by atoms with van der Waals surface area (Å²) < 4.78 is 2.17. The predicted molar refractivity (Wildman–Crippen MR) is 78.2 cm³/mol. The maximum absolute atomic E-state index is 5.80. The summed E-state index contributed by atoms with van der Waals surface area (Å²) in [7, 11) is 0. The molecule has 2 N–H and O–H groups in total. The zero-order valence-electron chi connectivity index (χ0n) is 11.0. The van der Waals surface area contributed by atoms with Crippen LogP contribution in [0.15, 0.2) is 48.7 Å². The molecule has 0 saturated carbocycles. The van der Waals surface area contributed by atoms with Gasteiger partial charge in [0.15, 0.2) is 0 Å². The van der Waals surface area contributed by atoms with Crippen LogP contribution in [0.3, 0.4) is 0 Å². The summed E-state index contributed by atoms with van der Waals surface area (Å²) in [6, 6.07) is 14.2. The van der Waals surface area contributed by atoms with E-state index >= 15 is 0 Å². The van der Waals surface area contributed by atoms with E-state index in [1.165, 1.54) is 11.1 Å². The first-order valence-corrected chi connectivity index (χ1v) is 6.51. The lowest BCUT2D eigenvalue weighted by molar-refractivity contribution is 0.851. The summed E-state index contributed by atoms with van der Waals surface area (Å²) in [5.41, 5.74) is 10.1. The van der Waals surface area contributed by atoms with Crippen molar-refractivity contribution in [2.45, 2.75) is 19.8 Å². The fraction of sp³-hybridized carbons (Fsp3) is 0.188. The van der Waals surface area contributed by atoms with Gasteiger partial charge in [0.05, 0.1) is 11.2 Å². The Morgan fingerprint density at radius 2 is 2.00 bits per heavy atom. The smallest absolute Gasteiger partial charge is 0.113 e. The van der Waals surface area contributed by atoms with Gasteiger partial charge in [0.2, 0.25) is 0 Å². The van der Waals surface area contributed by atoms with E-state index in [0.717, 1.165) is 30.0 Å². The topological polar surface area (TPSA) is 43.3 Å². The van der Waals surface area contributed by atoms with Crippen LogP contribution in [0.4, 0.5) is 5.69 Å². The molecule has 0 spiro atoms. The molecule has 19 heavy (non-hydrogen) atoms. The van der Waals surface area contributed by atoms with Gasteiger partial charge in [-0.25, -0.2) is 4.98 Å². The van der Waals surface area contributed by atoms with Gasteiger partial charge in [-0.2, -0.15) is 0 Å². The average Bonchev–Trinajstić information content (AvgIpc) is 2.74. The average molecular weight is 251 g/mol. The molecule has 2 aromatic heterocycles. The van der Waals surface area contributed by atoms with E-state index in [9.17, 15) is 0 Å². The lowest BCUT2D eigenvalue weighted by atomic mass is 10.1. The lowest BCUT2D eigenvalue weighted by Gasteiger charge is -2.03. The zero-order chi connectivity index (χ0) is 13.2. The second kappa shape index (κ2) is 4.76. The van der Waals surface area contributed by atoms with Crippen LogP contribution in [0.5, 0.6) is 0 Å². The Hall–Kier alpha value is -2.29. The van der Waals surface area contributed by atoms with Crippen LogP contribution in [-0.2, 0) is 12.8 Å². The Balaban J connectivity index is 1.86. The number of imidazole rings is 1. The third-order valence-electron chi connectivity index (χ3n) is 3.39. The van der Waals surface area contributed by atoms with E-state index in [0.29, 0.717) is 0 Å². The number of hydrogen-bond acceptors (Lipinski definition) is 2. The second-order valence-electron chi connectivity index (χ2n) is 4.81. The van der Waals surface area contributed by atoms with Crippen molar-refractivity contribution in [3.63, 3.8) is 0 Å². The molecule has 3 heteroatoms. The fourth-order valence-corrected chi connectivity index (χ4v) is 2.45. The molecule has 0 amide bonds. The minimum atomic E-state index is 0.821. The molecule has 0 bridgehead atoms. The Morgan fingerprint density at radius 1 is 1.11 bits per heavy atom. The Bertz CT molecular complexity index is 713. The van der Waals surface area contributed by atoms with E-state index in [2.05, 4.69) is 34.6 Å². The van der Waals surface area contributed by atoms with Crippen molar-refractivity contribution in [1.29, 1.82) is 0 Å². The van der Waals surface area contributed by atoms with Crippen LogP contribution < -0.4 is 5.73 Å². The monoisotopic (exact) mass is 251 g/mol. The van der Waals surface area contributed by atoms with Crippen molar-refractivity contribution in [2.75, 3.05) is 5.73 Å². The molecule has 3 aromatic rings. The summed E-state index contributed by atoms with van der Waals surface area (Å²) in [5.74, 6) is 1.11. The van der Waals surface area contributed by atoms with E-state index in [4.69, 9.17) is 5.73 Å². The highest BCUT2D eigenvalue weighted by atomic mass is 15.0. The molecule has 0 fully saturated rings. The normalized spacial score (nSPS) is 11.0. The maximum atomic E-state index is 5.80. The first-order valence-electron chi connectivity index (χ1n) is 6.51. The highest BCUT2D eigenvalue weighted by Gasteiger charge is 2.07. The third kappa shape index (κ3) is 2.32. The van der Waals surface area contributed by atoms with Crippen LogP contribution in [0.2, 0.25) is 0 Å². The van der Waals surface area contributed by atoms with Gasteiger partial charge in [-0.05, 0) is 43.2 Å². The summed E-state index contributed by atoms with van der Waals surface area (Å²) >= 11 is 0. The zero-order valence-corrected chi connectivity index (χ0v) is 11.0. The first-order chi connectivity index (χ1) is 9.24. The molecular formula is C16H17N3. The molecule has 3 nitrogen and oxygen atoms in total. The largest absolute Gasteiger partial charge is 0.399 e. The van der Waals surface area contributed by atoms with E-state index in [1.54, 1.807) is 0 Å². The van der Waals surface area contributed by atoms with Gasteiger partial charge in [0.1, 0.15) is 5.82 Å². The molecule has 0 aliphatic rings. The minimum absolute atomic E-state index is 0.821. The van der Waals surface area contributed by atoms with Crippen LogP contribution in [0.25, 0.3) is 5.52 Å². The fourth-order valence-electron chi connectivity index (χ4n) is 2.45. The number of nitrogen functional groups attached to an aromatic ring is 1. The van der Waals surface area contributed by atoms with Crippen LogP contribution in [-0.4, -0.2) is 9.38 Å². The van der Waals surface area contributed by atoms with Crippen molar-refractivity contribution in [2.24, 2.45) is 0 Å². The number of pyridine rings is 1. The van der Waals surface area contributed by atoms with Crippen molar-refractivity contribution < 1.29 is 0 Å². The number of fused-ring (bicyclic) bond motifs is 1. The number of hydrogen-bond donors (Lipinski definition) is 1. The quantitative estimate of drug-likeness (QED) is 0.727.